The minimum Gasteiger partial charge on any atom is -0.374 e. The van der Waals surface area contributed by atoms with Crippen LogP contribution < -0.4 is 0 Å². The number of rotatable bonds is 3. The number of aromatic nitrogens is 2. The third kappa shape index (κ3) is 3.29. The first-order chi connectivity index (χ1) is 12.2. The van der Waals surface area contributed by atoms with Gasteiger partial charge in [-0.3, -0.25) is 9.48 Å². The fourth-order valence-corrected chi connectivity index (χ4v) is 5.63. The predicted molar refractivity (Wildman–Crippen MR) is 97.0 cm³/mol. The molecule has 7 nitrogen and oxygen atoms in total. The second kappa shape index (κ2) is 6.05. The summed E-state index contributed by atoms with van der Waals surface area (Å²) in [6.07, 6.45) is 2.74. The Morgan fingerprint density at radius 1 is 1.31 bits per heavy atom. The topological polar surface area (TPSA) is 81.5 Å². The molecule has 0 aromatic carbocycles. The number of hydrogen-bond acceptors (Lipinski definition) is 5. The van der Waals surface area contributed by atoms with Gasteiger partial charge in [-0.05, 0) is 46.1 Å². The van der Waals surface area contributed by atoms with Crippen molar-refractivity contribution in [2.24, 2.45) is 0 Å². The Labute approximate surface area is 154 Å². The Balaban J connectivity index is 1.65. The van der Waals surface area contributed by atoms with Crippen LogP contribution in [-0.2, 0) is 14.6 Å². The van der Waals surface area contributed by atoms with Gasteiger partial charge in [-0.1, -0.05) is 0 Å². The molecule has 1 aromatic rings. The Kier molecular flexibility index (Phi) is 4.19. The largest absolute Gasteiger partial charge is 0.374 e. The van der Waals surface area contributed by atoms with E-state index in [0.29, 0.717) is 31.2 Å². The summed E-state index contributed by atoms with van der Waals surface area (Å²) >= 11 is 0. The molecule has 3 aliphatic rings. The molecule has 2 unspecified atom stereocenters. The fourth-order valence-electron chi connectivity index (χ4n) is 3.94. The number of carbonyl (C=O) groups is 1. The highest BCUT2D eigenvalue weighted by Crippen LogP contribution is 2.42. The van der Waals surface area contributed by atoms with Gasteiger partial charge in [-0.25, -0.2) is 8.42 Å². The van der Waals surface area contributed by atoms with Crippen molar-refractivity contribution in [1.82, 2.24) is 14.7 Å². The molecule has 1 aliphatic carbocycles. The van der Waals surface area contributed by atoms with E-state index in [-0.39, 0.29) is 35.1 Å². The van der Waals surface area contributed by atoms with Crippen LogP contribution in [0.1, 0.15) is 68.2 Å². The zero-order valence-electron chi connectivity index (χ0n) is 15.6. The summed E-state index contributed by atoms with van der Waals surface area (Å²) in [4.78, 5) is 15.0. The number of morpholine rings is 1. The van der Waals surface area contributed by atoms with Crippen LogP contribution in [0.15, 0.2) is 6.07 Å². The van der Waals surface area contributed by atoms with Crippen LogP contribution in [0.3, 0.4) is 0 Å². The molecule has 0 spiro atoms. The van der Waals surface area contributed by atoms with Crippen LogP contribution in [0.5, 0.6) is 0 Å². The van der Waals surface area contributed by atoms with Crippen molar-refractivity contribution in [3.8, 4) is 0 Å². The van der Waals surface area contributed by atoms with Gasteiger partial charge in [0, 0.05) is 18.2 Å². The quantitative estimate of drug-likeness (QED) is 0.797. The number of hydrogen-bond donors (Lipinski definition) is 0. The van der Waals surface area contributed by atoms with Crippen molar-refractivity contribution < 1.29 is 17.9 Å². The average molecular weight is 381 g/mol. The van der Waals surface area contributed by atoms with Gasteiger partial charge in [0.15, 0.2) is 15.5 Å². The van der Waals surface area contributed by atoms with E-state index in [0.717, 1.165) is 18.5 Å². The van der Waals surface area contributed by atoms with Gasteiger partial charge in [-0.15, -0.1) is 0 Å². The van der Waals surface area contributed by atoms with Crippen LogP contribution >= 0.6 is 0 Å². The molecular weight excluding hydrogens is 354 g/mol. The van der Waals surface area contributed by atoms with E-state index in [2.05, 4.69) is 5.10 Å². The van der Waals surface area contributed by atoms with Gasteiger partial charge in [-0.2, -0.15) is 5.10 Å². The SMILES string of the molecule is CC1CN(C(=O)c2cc(C3CC3)n(C3CCS(=O)(=O)C3)n2)C(C)(C)CO1. The monoisotopic (exact) mass is 381 g/mol. The predicted octanol–water partition coefficient (Wildman–Crippen LogP) is 1.76. The second-order valence-corrected chi connectivity index (χ2v) is 10.8. The van der Waals surface area contributed by atoms with E-state index in [4.69, 9.17) is 4.74 Å². The molecule has 1 saturated carbocycles. The van der Waals surface area contributed by atoms with E-state index < -0.39 is 9.84 Å². The maximum Gasteiger partial charge on any atom is 0.274 e. The molecular formula is C18H27N3O4S. The van der Waals surface area contributed by atoms with E-state index in [9.17, 15) is 13.2 Å². The van der Waals surface area contributed by atoms with Crippen molar-refractivity contribution in [2.75, 3.05) is 24.7 Å². The summed E-state index contributed by atoms with van der Waals surface area (Å²) in [5.41, 5.74) is 1.07. The molecule has 0 bridgehead atoms. The van der Waals surface area contributed by atoms with Crippen LogP contribution in [0.4, 0.5) is 0 Å². The second-order valence-electron chi connectivity index (χ2n) is 8.58. The Morgan fingerprint density at radius 3 is 2.65 bits per heavy atom. The molecule has 3 fully saturated rings. The van der Waals surface area contributed by atoms with E-state index in [1.807, 2.05) is 36.4 Å². The molecule has 1 aromatic heterocycles. The van der Waals surface area contributed by atoms with Gasteiger partial charge >= 0.3 is 0 Å². The van der Waals surface area contributed by atoms with Crippen molar-refractivity contribution in [1.29, 1.82) is 0 Å². The first-order valence-electron chi connectivity index (χ1n) is 9.40. The third-order valence-corrected chi connectivity index (χ3v) is 7.42. The number of ether oxygens (including phenoxy) is 1. The molecule has 1 amide bonds. The van der Waals surface area contributed by atoms with Gasteiger partial charge in [0.05, 0.1) is 35.8 Å². The lowest BCUT2D eigenvalue weighted by molar-refractivity contribution is -0.0757. The number of amides is 1. The molecule has 3 heterocycles. The van der Waals surface area contributed by atoms with Crippen molar-refractivity contribution in [3.63, 3.8) is 0 Å². The molecule has 26 heavy (non-hydrogen) atoms. The molecule has 2 atom stereocenters. The first kappa shape index (κ1) is 18.0. The fraction of sp³-hybridized carbons (Fsp3) is 0.778. The minimum atomic E-state index is -3.00. The molecule has 0 N–H and O–H groups in total. The average Bonchev–Trinajstić information content (AvgIpc) is 3.21. The lowest BCUT2D eigenvalue weighted by Crippen LogP contribution is -2.57. The Hall–Kier alpha value is -1.41. The van der Waals surface area contributed by atoms with Crippen molar-refractivity contribution in [2.45, 2.75) is 63.6 Å². The maximum absolute atomic E-state index is 13.2. The molecule has 0 radical (unpaired) electrons. The summed E-state index contributed by atoms with van der Waals surface area (Å²) in [6.45, 7) is 7.00. The molecule has 144 valence electrons. The van der Waals surface area contributed by atoms with Gasteiger partial charge in [0.2, 0.25) is 0 Å². The summed E-state index contributed by atoms with van der Waals surface area (Å²) in [5.74, 6) is 0.650. The summed E-state index contributed by atoms with van der Waals surface area (Å²) in [7, 11) is -3.00. The molecule has 2 aliphatic heterocycles. The zero-order chi connectivity index (χ0) is 18.7. The van der Waals surface area contributed by atoms with E-state index in [1.165, 1.54) is 0 Å². The zero-order valence-corrected chi connectivity index (χ0v) is 16.5. The summed E-state index contributed by atoms with van der Waals surface area (Å²) < 4.78 is 31.3. The minimum absolute atomic E-state index is 0.00283. The summed E-state index contributed by atoms with van der Waals surface area (Å²) in [6, 6.07) is 1.75. The number of nitrogens with zero attached hydrogens (tertiary/aromatic N) is 3. The molecule has 4 rings (SSSR count). The van der Waals surface area contributed by atoms with Crippen LogP contribution in [0, 0.1) is 0 Å². The van der Waals surface area contributed by atoms with Crippen LogP contribution in [0.25, 0.3) is 0 Å². The van der Waals surface area contributed by atoms with Gasteiger partial charge in [0.25, 0.3) is 5.91 Å². The smallest absolute Gasteiger partial charge is 0.274 e. The highest BCUT2D eigenvalue weighted by Gasteiger charge is 2.40. The van der Waals surface area contributed by atoms with Crippen LogP contribution in [0.2, 0.25) is 0 Å². The number of sulfone groups is 1. The maximum atomic E-state index is 13.2. The molecule has 8 heteroatoms. The normalized spacial score (nSPS) is 30.5. The first-order valence-corrected chi connectivity index (χ1v) is 11.2. The number of carbonyl (C=O) groups excluding carboxylic acids is 1. The Bertz CT molecular complexity index is 825. The van der Waals surface area contributed by atoms with Crippen molar-refractivity contribution >= 4 is 15.7 Å². The van der Waals surface area contributed by atoms with Gasteiger partial charge in [0.1, 0.15) is 0 Å². The molecule has 2 saturated heterocycles. The lowest BCUT2D eigenvalue weighted by atomic mass is 10.0. The van der Waals surface area contributed by atoms with E-state index >= 15 is 0 Å². The van der Waals surface area contributed by atoms with E-state index in [1.54, 1.807) is 0 Å². The lowest BCUT2D eigenvalue weighted by Gasteiger charge is -2.44. The Morgan fingerprint density at radius 2 is 2.04 bits per heavy atom. The third-order valence-electron chi connectivity index (χ3n) is 5.67. The highest BCUT2D eigenvalue weighted by atomic mass is 32.2. The van der Waals surface area contributed by atoms with Gasteiger partial charge < -0.3 is 9.64 Å². The van der Waals surface area contributed by atoms with Crippen LogP contribution in [-0.4, -0.2) is 65.3 Å². The summed E-state index contributed by atoms with van der Waals surface area (Å²) in [5, 5.41) is 4.60. The van der Waals surface area contributed by atoms with Crippen molar-refractivity contribution in [3.05, 3.63) is 17.5 Å². The standard InChI is InChI=1S/C18H27N3O4S/c1-12-9-20(18(2,3)11-25-12)17(22)15-8-16(13-4-5-13)21(19-15)14-6-7-26(23,24)10-14/h8,12-14H,4-7,9-11H2,1-3H3. The highest BCUT2D eigenvalue weighted by molar-refractivity contribution is 7.91.